The van der Waals surface area contributed by atoms with E-state index in [9.17, 15) is 19.5 Å². The van der Waals surface area contributed by atoms with Crippen LogP contribution in [0.2, 0.25) is 0 Å². The molecule has 33 heavy (non-hydrogen) atoms. The lowest BCUT2D eigenvalue weighted by molar-refractivity contribution is -0.142. The molecule has 0 aliphatic carbocycles. The molecule has 0 bridgehead atoms. The van der Waals surface area contributed by atoms with Crippen molar-refractivity contribution in [3.8, 4) is 0 Å². The third-order valence-electron chi connectivity index (χ3n) is 6.17. The first-order valence-electron chi connectivity index (χ1n) is 11.4. The quantitative estimate of drug-likeness (QED) is 0.375. The highest BCUT2D eigenvalue weighted by atomic mass is 16.4. The maximum atomic E-state index is 13.4. The topological polar surface area (TPSA) is 133 Å². The highest BCUT2D eigenvalue weighted by Crippen LogP contribution is 2.34. The van der Waals surface area contributed by atoms with Gasteiger partial charge in [-0.25, -0.2) is 0 Å². The monoisotopic (exact) mass is 459 g/mol. The number of rotatable bonds is 11. The summed E-state index contributed by atoms with van der Waals surface area (Å²) in [7, 11) is 0. The normalized spacial score (nSPS) is 18.6. The number of para-hydroxylation sites is 1. The Hall–Kier alpha value is -2.71. The number of fused-ring (bicyclic) bond motifs is 1. The summed E-state index contributed by atoms with van der Waals surface area (Å²) < 4.78 is 0. The molecule has 4 atom stereocenters. The minimum absolute atomic E-state index is 0.0571. The molecule has 182 valence electrons. The highest BCUT2D eigenvalue weighted by Gasteiger charge is 2.35. The van der Waals surface area contributed by atoms with Gasteiger partial charge in [0.05, 0.1) is 17.9 Å². The lowest BCUT2D eigenvalue weighted by atomic mass is 9.79. The van der Waals surface area contributed by atoms with E-state index in [1.54, 1.807) is 11.0 Å². The second-order valence-electron chi connectivity index (χ2n) is 9.82. The van der Waals surface area contributed by atoms with E-state index < -0.39 is 29.4 Å². The molecule has 1 aliphatic rings. The van der Waals surface area contributed by atoms with Crippen molar-refractivity contribution in [3.63, 3.8) is 0 Å². The van der Waals surface area contributed by atoms with Crippen LogP contribution in [0.25, 0.3) is 0 Å². The van der Waals surface area contributed by atoms with Gasteiger partial charge in [0.1, 0.15) is 0 Å². The van der Waals surface area contributed by atoms with Crippen molar-refractivity contribution < 1.29 is 24.6 Å². The van der Waals surface area contributed by atoms with Crippen LogP contribution in [-0.4, -0.2) is 53.2 Å². The number of hydrogen-bond acceptors (Lipinski definition) is 5. The van der Waals surface area contributed by atoms with Crippen LogP contribution in [0, 0.1) is 17.3 Å². The number of anilines is 1. The van der Waals surface area contributed by atoms with Crippen LogP contribution >= 0.6 is 0 Å². The number of aliphatic hydroxyl groups excluding tert-OH is 1. The summed E-state index contributed by atoms with van der Waals surface area (Å²) >= 11 is 0. The summed E-state index contributed by atoms with van der Waals surface area (Å²) in [5.74, 6) is -2.27. The Bertz CT molecular complexity index is 869. The number of carbonyl (C=O) groups is 3. The Labute approximate surface area is 195 Å². The van der Waals surface area contributed by atoms with Crippen molar-refractivity contribution in [3.05, 3.63) is 42.5 Å². The first-order valence-corrected chi connectivity index (χ1v) is 11.4. The number of carboxylic acid groups (broad SMARTS) is 1. The average Bonchev–Trinajstić information content (AvgIpc) is 2.75. The molecule has 0 aromatic heterocycles. The smallest absolute Gasteiger partial charge is 0.306 e. The van der Waals surface area contributed by atoms with Crippen LogP contribution in [0.1, 0.15) is 45.6 Å². The van der Waals surface area contributed by atoms with Gasteiger partial charge >= 0.3 is 5.97 Å². The highest BCUT2D eigenvalue weighted by molar-refractivity contribution is 5.96. The van der Waals surface area contributed by atoms with Gasteiger partial charge in [-0.2, -0.15) is 0 Å². The van der Waals surface area contributed by atoms with Crippen molar-refractivity contribution in [2.24, 2.45) is 23.0 Å². The van der Waals surface area contributed by atoms with Crippen molar-refractivity contribution in [2.75, 3.05) is 18.0 Å². The third-order valence-corrected chi connectivity index (χ3v) is 6.17. The average molecular weight is 460 g/mol. The first-order chi connectivity index (χ1) is 15.4. The van der Waals surface area contributed by atoms with E-state index in [0.29, 0.717) is 25.9 Å². The van der Waals surface area contributed by atoms with Gasteiger partial charge in [-0.3, -0.25) is 14.4 Å². The number of hydrogen-bond donors (Lipinski definition) is 4. The van der Waals surface area contributed by atoms with Gasteiger partial charge in [-0.15, -0.1) is 6.58 Å². The zero-order chi connectivity index (χ0) is 24.8. The van der Waals surface area contributed by atoms with Gasteiger partial charge in [0.15, 0.2) is 0 Å². The van der Waals surface area contributed by atoms with Crippen LogP contribution in [0.4, 0.5) is 5.69 Å². The molecule has 0 saturated heterocycles. The van der Waals surface area contributed by atoms with Crippen molar-refractivity contribution >= 4 is 23.5 Å². The fourth-order valence-corrected chi connectivity index (χ4v) is 4.31. The summed E-state index contributed by atoms with van der Waals surface area (Å²) in [6.45, 7) is 9.63. The predicted octanol–water partition coefficient (Wildman–Crippen LogP) is 2.10. The summed E-state index contributed by atoms with van der Waals surface area (Å²) in [4.78, 5) is 38.7. The van der Waals surface area contributed by atoms with E-state index in [1.165, 1.54) is 6.92 Å². The molecular formula is C25H37N3O5. The van der Waals surface area contributed by atoms with E-state index in [4.69, 9.17) is 10.8 Å². The van der Waals surface area contributed by atoms with Gasteiger partial charge in [-0.1, -0.05) is 45.0 Å². The molecule has 0 radical (unpaired) electrons. The van der Waals surface area contributed by atoms with Crippen LogP contribution in [0.3, 0.4) is 0 Å². The zero-order valence-electron chi connectivity index (χ0n) is 19.8. The Morgan fingerprint density at radius 2 is 2.00 bits per heavy atom. The second-order valence-corrected chi connectivity index (χ2v) is 9.82. The number of nitrogens with one attached hydrogen (secondary N) is 1. The number of aliphatic hydroxyl groups is 1. The Balaban J connectivity index is 2.10. The van der Waals surface area contributed by atoms with Gasteiger partial charge in [-0.05, 0) is 36.3 Å². The molecule has 1 aromatic rings. The fourth-order valence-electron chi connectivity index (χ4n) is 4.31. The lowest BCUT2D eigenvalue weighted by Gasteiger charge is -2.37. The van der Waals surface area contributed by atoms with Crippen LogP contribution in [0.5, 0.6) is 0 Å². The summed E-state index contributed by atoms with van der Waals surface area (Å²) in [6, 6.07) is 6.94. The van der Waals surface area contributed by atoms with E-state index in [-0.39, 0.29) is 30.6 Å². The van der Waals surface area contributed by atoms with E-state index >= 15 is 0 Å². The zero-order valence-corrected chi connectivity index (χ0v) is 19.8. The summed E-state index contributed by atoms with van der Waals surface area (Å²) in [6.07, 6.45) is 1.79. The van der Waals surface area contributed by atoms with Crippen molar-refractivity contribution in [1.82, 2.24) is 5.32 Å². The molecule has 2 rings (SSSR count). The van der Waals surface area contributed by atoms with Gasteiger partial charge in [0.25, 0.3) is 0 Å². The van der Waals surface area contributed by atoms with Crippen molar-refractivity contribution in [1.29, 1.82) is 0 Å². The molecular weight excluding hydrogens is 422 g/mol. The van der Waals surface area contributed by atoms with Crippen LogP contribution in [-0.2, 0) is 20.8 Å². The van der Waals surface area contributed by atoms with Crippen LogP contribution < -0.4 is 16.0 Å². The molecule has 8 nitrogen and oxygen atoms in total. The molecule has 1 heterocycles. The Morgan fingerprint density at radius 1 is 1.33 bits per heavy atom. The Kier molecular flexibility index (Phi) is 9.19. The molecule has 0 spiro atoms. The SMILES string of the molecule is C=CCNC(=O)[C@@H]1Cc2ccccc2N(C(=O)CC(C)(C)C[C@H](N)[C@@H](O)C[C@@H](C)C(=O)O)C1. The van der Waals surface area contributed by atoms with Crippen LogP contribution in [0.15, 0.2) is 36.9 Å². The van der Waals surface area contributed by atoms with Gasteiger partial charge in [0.2, 0.25) is 11.8 Å². The minimum Gasteiger partial charge on any atom is -0.481 e. The maximum absolute atomic E-state index is 13.4. The minimum atomic E-state index is -0.980. The standard InChI is InChI=1S/C25H37N3O5/c1-5-10-27-23(31)18-12-17-8-6-7-9-20(17)28(15-18)22(30)14-25(3,4)13-19(26)21(29)11-16(2)24(32)33/h5-9,16,18-19,21,29H,1,10-15,26H2,2-4H3,(H,27,31)(H,32,33)/t16-,18-,19+,21+/m1/s1. The molecule has 0 saturated carbocycles. The number of amides is 2. The van der Waals surface area contributed by atoms with E-state index in [2.05, 4.69) is 11.9 Å². The number of carbonyl (C=O) groups excluding carboxylic acids is 2. The maximum Gasteiger partial charge on any atom is 0.306 e. The number of carboxylic acids is 1. The number of nitrogens with zero attached hydrogens (tertiary/aromatic N) is 1. The Morgan fingerprint density at radius 3 is 2.64 bits per heavy atom. The van der Waals surface area contributed by atoms with Gasteiger partial charge < -0.3 is 26.2 Å². The van der Waals surface area contributed by atoms with E-state index in [1.807, 2.05) is 38.1 Å². The molecule has 2 amide bonds. The first kappa shape index (κ1) is 26.5. The van der Waals surface area contributed by atoms with Crippen molar-refractivity contribution in [2.45, 2.75) is 58.6 Å². The van der Waals surface area contributed by atoms with E-state index in [0.717, 1.165) is 11.3 Å². The fraction of sp³-hybridized carbons (Fsp3) is 0.560. The molecule has 0 fully saturated rings. The molecule has 0 unspecified atom stereocenters. The molecule has 1 aliphatic heterocycles. The number of nitrogens with two attached hydrogens (primary N) is 1. The lowest BCUT2D eigenvalue weighted by Crippen LogP contribution is -2.47. The second kappa shape index (κ2) is 11.4. The number of aliphatic carboxylic acids is 1. The third kappa shape index (κ3) is 7.40. The summed E-state index contributed by atoms with van der Waals surface area (Å²) in [5, 5.41) is 22.2. The molecule has 5 N–H and O–H groups in total. The largest absolute Gasteiger partial charge is 0.481 e. The predicted molar refractivity (Wildman–Crippen MR) is 128 cm³/mol. The number of benzene rings is 1. The molecule has 8 heteroatoms. The molecule has 1 aromatic carbocycles. The summed E-state index contributed by atoms with van der Waals surface area (Å²) in [5.41, 5.74) is 7.39. The van der Waals surface area contributed by atoms with Gasteiger partial charge in [0, 0.05) is 31.2 Å².